The van der Waals surface area contributed by atoms with E-state index in [9.17, 15) is 0 Å². The summed E-state index contributed by atoms with van der Waals surface area (Å²) in [7, 11) is 0. The van der Waals surface area contributed by atoms with Gasteiger partial charge in [0.2, 0.25) is 0 Å². The quantitative estimate of drug-likeness (QED) is 0.178. The van der Waals surface area contributed by atoms with Crippen molar-refractivity contribution in [2.75, 3.05) is 0 Å². The van der Waals surface area contributed by atoms with E-state index in [0.29, 0.717) is 0 Å². The minimum atomic E-state index is 0.910. The summed E-state index contributed by atoms with van der Waals surface area (Å²) in [6.45, 7) is 0. The number of benzene rings is 9. The van der Waals surface area contributed by atoms with Crippen LogP contribution in [-0.4, -0.2) is 0 Å². The largest absolute Gasteiger partial charge is 0.456 e. The summed E-state index contributed by atoms with van der Waals surface area (Å²) >= 11 is 0. The summed E-state index contributed by atoms with van der Waals surface area (Å²) in [5, 5.41) is 9.80. The Morgan fingerprint density at radius 2 is 0.837 bits per heavy atom. The van der Waals surface area contributed by atoms with Crippen LogP contribution in [0.25, 0.3) is 98.8 Å². The Balaban J connectivity index is 1.27. The Labute approximate surface area is 284 Å². The van der Waals surface area contributed by atoms with Crippen molar-refractivity contribution < 1.29 is 4.42 Å². The lowest BCUT2D eigenvalue weighted by Crippen LogP contribution is -1.92. The predicted octanol–water partition coefficient (Wildman–Crippen LogP) is 13.7. The molecule has 10 rings (SSSR count). The van der Waals surface area contributed by atoms with Crippen LogP contribution in [0.1, 0.15) is 0 Å². The summed E-state index contributed by atoms with van der Waals surface area (Å²) in [6.07, 6.45) is 0. The maximum Gasteiger partial charge on any atom is 0.136 e. The van der Waals surface area contributed by atoms with E-state index in [0.717, 1.165) is 21.9 Å². The van der Waals surface area contributed by atoms with Crippen molar-refractivity contribution in [3.05, 3.63) is 182 Å². The Hall–Kier alpha value is -6.44. The van der Waals surface area contributed by atoms with Gasteiger partial charge < -0.3 is 4.42 Å². The topological polar surface area (TPSA) is 13.1 Å². The fourth-order valence-electron chi connectivity index (χ4n) is 7.91. The average molecular weight is 623 g/mol. The highest BCUT2D eigenvalue weighted by Gasteiger charge is 2.19. The zero-order valence-corrected chi connectivity index (χ0v) is 26.7. The van der Waals surface area contributed by atoms with Gasteiger partial charge in [0.1, 0.15) is 11.2 Å². The van der Waals surface area contributed by atoms with Gasteiger partial charge in [-0.15, -0.1) is 0 Å². The van der Waals surface area contributed by atoms with Crippen molar-refractivity contribution in [3.8, 4) is 44.5 Å². The molecule has 0 unspecified atom stereocenters. The predicted molar refractivity (Wildman–Crippen MR) is 208 cm³/mol. The van der Waals surface area contributed by atoms with E-state index in [1.165, 1.54) is 76.8 Å². The lowest BCUT2D eigenvalue weighted by Gasteiger charge is -2.19. The van der Waals surface area contributed by atoms with Crippen molar-refractivity contribution >= 4 is 54.3 Å². The highest BCUT2D eigenvalue weighted by atomic mass is 16.3. The molecule has 0 saturated heterocycles. The molecule has 0 spiro atoms. The number of para-hydroxylation sites is 1. The van der Waals surface area contributed by atoms with Crippen LogP contribution in [0.5, 0.6) is 0 Å². The molecule has 9 aromatic carbocycles. The van der Waals surface area contributed by atoms with E-state index in [4.69, 9.17) is 4.42 Å². The second-order valence-corrected chi connectivity index (χ2v) is 12.8. The summed E-state index contributed by atoms with van der Waals surface area (Å²) in [4.78, 5) is 0. The SMILES string of the molecule is c1ccc(-c2c3ccccc3c(-c3cccc(-c4cccc5oc6ccccc6c45)c3)c3ccc(-c4cccc5ccccc45)cc23)cc1. The molecule has 0 N–H and O–H groups in total. The van der Waals surface area contributed by atoms with Crippen molar-refractivity contribution in [3.63, 3.8) is 0 Å². The first kappa shape index (κ1) is 27.7. The van der Waals surface area contributed by atoms with Crippen molar-refractivity contribution in [2.45, 2.75) is 0 Å². The lowest BCUT2D eigenvalue weighted by molar-refractivity contribution is 0.669. The number of hydrogen-bond acceptors (Lipinski definition) is 1. The Bertz CT molecular complexity index is 2870. The molecule has 0 atom stereocenters. The van der Waals surface area contributed by atoms with E-state index in [-0.39, 0.29) is 0 Å². The summed E-state index contributed by atoms with van der Waals surface area (Å²) in [5.41, 5.74) is 11.6. The maximum absolute atomic E-state index is 6.27. The summed E-state index contributed by atoms with van der Waals surface area (Å²) in [5.74, 6) is 0. The molecule has 0 radical (unpaired) electrons. The van der Waals surface area contributed by atoms with Gasteiger partial charge in [0, 0.05) is 10.8 Å². The first-order valence-corrected chi connectivity index (χ1v) is 16.8. The third kappa shape index (κ3) is 4.40. The summed E-state index contributed by atoms with van der Waals surface area (Å²) in [6, 6.07) is 65.9. The molecular weight excluding hydrogens is 593 g/mol. The van der Waals surface area contributed by atoms with Crippen LogP contribution in [-0.2, 0) is 0 Å². The fourth-order valence-corrected chi connectivity index (χ4v) is 7.91. The molecule has 0 aliphatic heterocycles. The van der Waals surface area contributed by atoms with Crippen molar-refractivity contribution in [1.82, 2.24) is 0 Å². The van der Waals surface area contributed by atoms with Gasteiger partial charge in [0.25, 0.3) is 0 Å². The normalized spacial score (nSPS) is 11.7. The van der Waals surface area contributed by atoms with Crippen LogP contribution >= 0.6 is 0 Å². The lowest BCUT2D eigenvalue weighted by atomic mass is 9.84. The van der Waals surface area contributed by atoms with Crippen LogP contribution in [0.4, 0.5) is 0 Å². The first-order chi connectivity index (χ1) is 24.3. The monoisotopic (exact) mass is 622 g/mol. The molecule has 0 aliphatic rings. The van der Waals surface area contributed by atoms with Crippen molar-refractivity contribution in [1.29, 1.82) is 0 Å². The van der Waals surface area contributed by atoms with E-state index >= 15 is 0 Å². The molecule has 0 fully saturated rings. The van der Waals surface area contributed by atoms with E-state index in [1.807, 2.05) is 6.07 Å². The second-order valence-electron chi connectivity index (χ2n) is 12.8. The Morgan fingerprint density at radius 1 is 0.286 bits per heavy atom. The number of hydrogen-bond donors (Lipinski definition) is 0. The minimum absolute atomic E-state index is 0.910. The second kappa shape index (κ2) is 11.1. The fraction of sp³-hybridized carbons (Fsp3) is 0. The molecule has 49 heavy (non-hydrogen) atoms. The van der Waals surface area contributed by atoms with Crippen LogP contribution in [0, 0.1) is 0 Å². The molecule has 1 heterocycles. The van der Waals surface area contributed by atoms with Gasteiger partial charge >= 0.3 is 0 Å². The van der Waals surface area contributed by atoms with Crippen molar-refractivity contribution in [2.24, 2.45) is 0 Å². The molecule has 228 valence electrons. The van der Waals surface area contributed by atoms with Crippen LogP contribution in [0.2, 0.25) is 0 Å². The number of fused-ring (bicyclic) bond motifs is 6. The number of rotatable bonds is 4. The highest BCUT2D eigenvalue weighted by Crippen LogP contribution is 2.46. The highest BCUT2D eigenvalue weighted by molar-refractivity contribution is 6.22. The molecule has 10 aromatic rings. The van der Waals surface area contributed by atoms with Gasteiger partial charge in [-0.3, -0.25) is 0 Å². The van der Waals surface area contributed by atoms with Gasteiger partial charge in [0.05, 0.1) is 0 Å². The Morgan fingerprint density at radius 3 is 1.69 bits per heavy atom. The molecule has 1 aromatic heterocycles. The van der Waals surface area contributed by atoms with Gasteiger partial charge in [-0.25, -0.2) is 0 Å². The molecule has 0 amide bonds. The third-order valence-electron chi connectivity index (χ3n) is 10.1. The smallest absolute Gasteiger partial charge is 0.136 e. The molecular formula is C48H30O. The molecule has 0 bridgehead atoms. The van der Waals surface area contributed by atoms with Crippen LogP contribution in [0.3, 0.4) is 0 Å². The summed E-state index contributed by atoms with van der Waals surface area (Å²) < 4.78 is 6.27. The Kier molecular flexibility index (Phi) is 6.25. The molecule has 0 aliphatic carbocycles. The first-order valence-electron chi connectivity index (χ1n) is 16.8. The zero-order chi connectivity index (χ0) is 32.3. The van der Waals surface area contributed by atoms with Crippen LogP contribution < -0.4 is 0 Å². The minimum Gasteiger partial charge on any atom is -0.456 e. The van der Waals surface area contributed by atoms with E-state index < -0.39 is 0 Å². The van der Waals surface area contributed by atoms with Gasteiger partial charge in [-0.2, -0.15) is 0 Å². The van der Waals surface area contributed by atoms with Crippen LogP contribution in [0.15, 0.2) is 186 Å². The molecule has 0 saturated carbocycles. The number of furan rings is 1. The maximum atomic E-state index is 6.27. The van der Waals surface area contributed by atoms with E-state index in [1.54, 1.807) is 0 Å². The standard InChI is InChI=1S/C48H30O/c1-2-14-32(15-3-1)46-39-20-6-7-21-40(39)47(41-28-27-34(30-43(41)46)37-23-11-16-31-13-4-5-19-36(31)37)35-18-10-17-33(29-35)38-24-12-26-45-48(38)42-22-8-9-25-44(42)49-45/h1-30H. The van der Waals surface area contributed by atoms with E-state index in [2.05, 4.69) is 176 Å². The third-order valence-corrected chi connectivity index (χ3v) is 10.1. The zero-order valence-electron chi connectivity index (χ0n) is 26.7. The van der Waals surface area contributed by atoms with Gasteiger partial charge in [-0.1, -0.05) is 158 Å². The average Bonchev–Trinajstić information content (AvgIpc) is 3.56. The van der Waals surface area contributed by atoms with Gasteiger partial charge in [-0.05, 0) is 101 Å². The molecule has 1 nitrogen and oxygen atoms in total. The molecule has 1 heteroatoms. The van der Waals surface area contributed by atoms with Gasteiger partial charge in [0.15, 0.2) is 0 Å².